The highest BCUT2D eigenvalue weighted by atomic mass is 15.1. The molecule has 2 aliphatic carbocycles. The van der Waals surface area contributed by atoms with E-state index in [4.69, 9.17) is 0 Å². The molecule has 6 aromatic carbocycles. The highest BCUT2D eigenvalue weighted by Crippen LogP contribution is 2.54. The summed E-state index contributed by atoms with van der Waals surface area (Å²) in [5.74, 6) is 0.903. The number of nitrogens with zero attached hydrogens (tertiary/aromatic N) is 1. The van der Waals surface area contributed by atoms with Crippen molar-refractivity contribution in [1.29, 1.82) is 0 Å². The van der Waals surface area contributed by atoms with E-state index < -0.39 is 0 Å². The van der Waals surface area contributed by atoms with Crippen molar-refractivity contribution in [2.24, 2.45) is 5.92 Å². The molecular formula is C43H35N. The fourth-order valence-electron chi connectivity index (χ4n) is 7.45. The van der Waals surface area contributed by atoms with Crippen LogP contribution in [0.2, 0.25) is 0 Å². The molecule has 0 saturated heterocycles. The summed E-state index contributed by atoms with van der Waals surface area (Å²) in [7, 11) is 0. The van der Waals surface area contributed by atoms with Crippen molar-refractivity contribution in [3.05, 3.63) is 181 Å². The van der Waals surface area contributed by atoms with Crippen molar-refractivity contribution < 1.29 is 0 Å². The molecule has 0 N–H and O–H groups in total. The Kier molecular flexibility index (Phi) is 6.34. The molecule has 0 amide bonds. The van der Waals surface area contributed by atoms with E-state index >= 15 is 0 Å². The Balaban J connectivity index is 1.18. The fourth-order valence-corrected chi connectivity index (χ4v) is 7.45. The number of fused-ring (bicyclic) bond motifs is 4. The molecule has 1 heteroatoms. The molecular weight excluding hydrogens is 530 g/mol. The maximum absolute atomic E-state index is 2.52. The summed E-state index contributed by atoms with van der Waals surface area (Å²) in [5.41, 5.74) is 11.5. The molecule has 0 saturated carbocycles. The highest BCUT2D eigenvalue weighted by Gasteiger charge is 2.44. The molecule has 2 atom stereocenters. The third-order valence-electron chi connectivity index (χ3n) is 9.78. The molecule has 212 valence electrons. The minimum atomic E-state index is 0.105. The summed E-state index contributed by atoms with van der Waals surface area (Å²) in [6, 6.07) is 52.9. The lowest BCUT2D eigenvalue weighted by Crippen LogP contribution is -2.25. The van der Waals surface area contributed by atoms with Crippen molar-refractivity contribution in [2.75, 3.05) is 4.90 Å². The average Bonchev–Trinajstić information content (AvgIpc) is 3.32. The van der Waals surface area contributed by atoms with Crippen LogP contribution in [0.15, 0.2) is 164 Å². The van der Waals surface area contributed by atoms with Gasteiger partial charge in [0.1, 0.15) is 0 Å². The van der Waals surface area contributed by atoms with Gasteiger partial charge in [0, 0.05) is 22.7 Å². The van der Waals surface area contributed by atoms with E-state index in [9.17, 15) is 0 Å². The van der Waals surface area contributed by atoms with Gasteiger partial charge >= 0.3 is 0 Å². The van der Waals surface area contributed by atoms with Gasteiger partial charge in [0.05, 0.1) is 5.69 Å². The molecule has 0 heterocycles. The molecule has 0 fully saturated rings. The molecule has 0 spiro atoms. The minimum Gasteiger partial charge on any atom is -0.310 e. The van der Waals surface area contributed by atoms with E-state index in [2.05, 4.69) is 183 Å². The van der Waals surface area contributed by atoms with Gasteiger partial charge in [0.25, 0.3) is 0 Å². The third-order valence-corrected chi connectivity index (χ3v) is 9.78. The first-order chi connectivity index (χ1) is 21.6. The molecule has 8 rings (SSSR count). The second-order valence-corrected chi connectivity index (χ2v) is 12.6. The first-order valence-electron chi connectivity index (χ1n) is 15.6. The molecule has 0 bridgehead atoms. The first-order valence-corrected chi connectivity index (χ1v) is 15.6. The van der Waals surface area contributed by atoms with Crippen molar-refractivity contribution >= 4 is 33.4 Å². The van der Waals surface area contributed by atoms with Gasteiger partial charge in [-0.05, 0) is 80.4 Å². The quantitative estimate of drug-likeness (QED) is 0.201. The lowest BCUT2D eigenvalue weighted by Gasteiger charge is -2.31. The van der Waals surface area contributed by atoms with Gasteiger partial charge in [-0.1, -0.05) is 147 Å². The number of anilines is 3. The van der Waals surface area contributed by atoms with E-state index in [1.807, 2.05) is 0 Å². The number of benzene rings is 6. The fraction of sp³-hybridized carbons (Fsp3) is 0.116. The third kappa shape index (κ3) is 4.39. The Morgan fingerprint density at radius 3 is 1.93 bits per heavy atom. The lowest BCUT2D eigenvalue weighted by molar-refractivity contribution is 0.395. The van der Waals surface area contributed by atoms with Crippen LogP contribution < -0.4 is 4.90 Å². The van der Waals surface area contributed by atoms with Gasteiger partial charge < -0.3 is 4.90 Å². The normalized spacial score (nSPS) is 18.0. The van der Waals surface area contributed by atoms with E-state index in [1.165, 1.54) is 49.9 Å². The molecule has 2 unspecified atom stereocenters. The summed E-state index contributed by atoms with van der Waals surface area (Å²) in [6.45, 7) is 4.80. The van der Waals surface area contributed by atoms with Crippen LogP contribution in [0.25, 0.3) is 27.5 Å². The summed E-state index contributed by atoms with van der Waals surface area (Å²) in [5, 5.41) is 2.47. The zero-order chi connectivity index (χ0) is 29.7. The summed E-state index contributed by atoms with van der Waals surface area (Å²) < 4.78 is 0. The molecule has 1 nitrogen and oxygen atoms in total. The van der Waals surface area contributed by atoms with Gasteiger partial charge in [-0.3, -0.25) is 0 Å². The Hall–Kier alpha value is -5.14. The van der Waals surface area contributed by atoms with Crippen molar-refractivity contribution in [3.8, 4) is 11.1 Å². The molecule has 0 aliphatic heterocycles. The van der Waals surface area contributed by atoms with Crippen LogP contribution in [0, 0.1) is 5.92 Å². The predicted molar refractivity (Wildman–Crippen MR) is 187 cm³/mol. The number of hydrogen-bond donors (Lipinski definition) is 0. The van der Waals surface area contributed by atoms with E-state index in [-0.39, 0.29) is 5.41 Å². The van der Waals surface area contributed by atoms with Gasteiger partial charge in [0.2, 0.25) is 0 Å². The smallest absolute Gasteiger partial charge is 0.0540 e. The largest absolute Gasteiger partial charge is 0.310 e. The van der Waals surface area contributed by atoms with Crippen molar-refractivity contribution in [1.82, 2.24) is 0 Å². The van der Waals surface area contributed by atoms with Crippen LogP contribution in [0.3, 0.4) is 0 Å². The Labute approximate surface area is 260 Å². The number of rotatable bonds is 5. The molecule has 0 aromatic heterocycles. The van der Waals surface area contributed by atoms with Gasteiger partial charge in [-0.2, -0.15) is 0 Å². The van der Waals surface area contributed by atoms with Crippen LogP contribution in [-0.4, -0.2) is 0 Å². The summed E-state index contributed by atoms with van der Waals surface area (Å²) in [4.78, 5) is 2.39. The first kappa shape index (κ1) is 26.5. The Morgan fingerprint density at radius 1 is 0.545 bits per heavy atom. The van der Waals surface area contributed by atoms with Crippen molar-refractivity contribution in [3.63, 3.8) is 0 Å². The van der Waals surface area contributed by atoms with E-state index in [0.717, 1.165) is 11.4 Å². The second kappa shape index (κ2) is 10.5. The number of allylic oxidation sites excluding steroid dienone is 4. The molecule has 0 radical (unpaired) electrons. The molecule has 2 aliphatic rings. The monoisotopic (exact) mass is 565 g/mol. The minimum absolute atomic E-state index is 0.105. The van der Waals surface area contributed by atoms with Gasteiger partial charge in [-0.25, -0.2) is 0 Å². The lowest BCUT2D eigenvalue weighted by atomic mass is 9.73. The zero-order valence-electron chi connectivity index (χ0n) is 25.2. The standard InChI is InChI=1S/C43H35N/c1-43(2)40-17-9-8-16-38(40)39-28-23-34(29-41(39)43)32-21-26-36(27-22-32)44(42-18-10-14-33-13-6-7-15-37(33)42)35-24-19-31(20-25-35)30-11-4-3-5-12-30/h3-29,39,41H,1-2H3. The maximum atomic E-state index is 2.52. The predicted octanol–water partition coefficient (Wildman–Crippen LogP) is 11.6. The SMILES string of the molecule is CC1(C)c2ccccc2C2C=CC(c3ccc(N(c4ccc(-c5ccccc5)cc4)c4cccc5ccccc45)cc3)=CC21. The zero-order valence-corrected chi connectivity index (χ0v) is 25.2. The van der Waals surface area contributed by atoms with Crippen LogP contribution in [0.5, 0.6) is 0 Å². The topological polar surface area (TPSA) is 3.24 Å². The van der Waals surface area contributed by atoms with Crippen LogP contribution in [0.4, 0.5) is 17.1 Å². The van der Waals surface area contributed by atoms with Gasteiger partial charge in [0.15, 0.2) is 0 Å². The average molecular weight is 566 g/mol. The van der Waals surface area contributed by atoms with Crippen LogP contribution in [0.1, 0.15) is 36.5 Å². The van der Waals surface area contributed by atoms with Gasteiger partial charge in [-0.15, -0.1) is 0 Å². The second-order valence-electron chi connectivity index (χ2n) is 12.6. The summed E-state index contributed by atoms with van der Waals surface area (Å²) >= 11 is 0. The Morgan fingerprint density at radius 2 is 1.16 bits per heavy atom. The highest BCUT2D eigenvalue weighted by molar-refractivity contribution is 5.99. The maximum Gasteiger partial charge on any atom is 0.0540 e. The van der Waals surface area contributed by atoms with E-state index in [1.54, 1.807) is 0 Å². The molecule has 44 heavy (non-hydrogen) atoms. The Bertz CT molecular complexity index is 2020. The summed E-state index contributed by atoms with van der Waals surface area (Å²) in [6.07, 6.45) is 7.28. The van der Waals surface area contributed by atoms with Crippen LogP contribution in [-0.2, 0) is 5.41 Å². The van der Waals surface area contributed by atoms with Crippen LogP contribution >= 0.6 is 0 Å². The number of hydrogen-bond acceptors (Lipinski definition) is 1. The van der Waals surface area contributed by atoms with E-state index in [0.29, 0.717) is 11.8 Å². The van der Waals surface area contributed by atoms with Crippen molar-refractivity contribution in [2.45, 2.75) is 25.2 Å². The molecule has 6 aromatic rings.